The van der Waals surface area contributed by atoms with Gasteiger partial charge in [0.2, 0.25) is 0 Å². The number of guanidine groups is 1. The molecule has 5 atom stereocenters. The Balaban J connectivity index is 1.27. The van der Waals surface area contributed by atoms with Gasteiger partial charge in [-0.25, -0.2) is 0 Å². The zero-order chi connectivity index (χ0) is 22.8. The summed E-state index contributed by atoms with van der Waals surface area (Å²) in [6.45, 7) is 2.01. The number of nitrogens with one attached hydrogen (secondary N) is 3. The number of likely N-dealkylation sites (tertiary alicyclic amines) is 1. The van der Waals surface area contributed by atoms with E-state index < -0.39 is 11.0 Å². The highest BCUT2D eigenvalue weighted by atomic mass is 16.5. The second-order valence-corrected chi connectivity index (χ2v) is 11.3. The first-order chi connectivity index (χ1) is 16.4. The molecule has 0 bridgehead atoms. The van der Waals surface area contributed by atoms with Crippen molar-refractivity contribution in [1.29, 1.82) is 5.41 Å². The van der Waals surface area contributed by atoms with E-state index in [4.69, 9.17) is 15.9 Å². The molecule has 2 aromatic carbocycles. The quantitative estimate of drug-likeness (QED) is 0.265. The third kappa shape index (κ3) is 1.55. The molecule has 1 saturated heterocycles. The van der Waals surface area contributed by atoms with Crippen LogP contribution in [-0.4, -0.2) is 50.8 Å². The monoisotopic (exact) mass is 455 g/mol. The fraction of sp³-hybridized carbons (Fsp3) is 0.423. The third-order valence-electron chi connectivity index (χ3n) is 9.88. The van der Waals surface area contributed by atoms with Crippen LogP contribution in [0.1, 0.15) is 41.3 Å². The zero-order valence-electron chi connectivity index (χ0n) is 18.5. The average Bonchev–Trinajstić information content (AvgIpc) is 3.41. The Morgan fingerprint density at radius 3 is 2.94 bits per heavy atom. The molecule has 6 aliphatic rings. The number of nitrogens with zero attached hydrogens (tertiary/aromatic N) is 1. The molecule has 4 aliphatic carbocycles. The molecule has 0 amide bonds. The molecule has 3 heterocycles. The van der Waals surface area contributed by atoms with E-state index in [0.29, 0.717) is 12.2 Å². The summed E-state index contributed by atoms with van der Waals surface area (Å²) in [4.78, 5) is 6.11. The van der Waals surface area contributed by atoms with Gasteiger partial charge in [-0.3, -0.25) is 10.3 Å². The molecule has 8 nitrogen and oxygen atoms in total. The maximum Gasteiger partial charge on any atom is 0.190 e. The van der Waals surface area contributed by atoms with Crippen molar-refractivity contribution in [3.63, 3.8) is 0 Å². The molecule has 172 valence electrons. The normalized spacial score (nSPS) is 37.3. The Labute approximate surface area is 195 Å². The number of anilines is 1. The number of fused-ring (bicyclic) bond motifs is 5. The predicted molar refractivity (Wildman–Crippen MR) is 125 cm³/mol. The fourth-order valence-electron chi connectivity index (χ4n) is 8.85. The van der Waals surface area contributed by atoms with Gasteiger partial charge in [0.15, 0.2) is 23.6 Å². The van der Waals surface area contributed by atoms with E-state index in [9.17, 15) is 10.2 Å². The lowest BCUT2D eigenvalue weighted by Crippen LogP contribution is -3.01. The van der Waals surface area contributed by atoms with Crippen LogP contribution in [0.2, 0.25) is 0 Å². The summed E-state index contributed by atoms with van der Waals surface area (Å²) >= 11 is 0. The summed E-state index contributed by atoms with van der Waals surface area (Å²) in [5.41, 5.74) is 10.1. The van der Waals surface area contributed by atoms with Crippen molar-refractivity contribution in [3.8, 4) is 11.5 Å². The zero-order valence-corrected chi connectivity index (χ0v) is 18.5. The van der Waals surface area contributed by atoms with Gasteiger partial charge in [-0.15, -0.1) is 0 Å². The molecular weight excluding hydrogens is 430 g/mol. The Morgan fingerprint density at radius 1 is 1.29 bits per heavy atom. The minimum absolute atomic E-state index is 0.0753. The number of phenolic OH excluding ortho intramolecular Hbond substituents is 1. The highest BCUT2D eigenvalue weighted by Crippen LogP contribution is 2.87. The van der Waals surface area contributed by atoms with Crippen LogP contribution in [0.5, 0.6) is 11.5 Å². The molecule has 2 aliphatic heterocycles. The van der Waals surface area contributed by atoms with E-state index in [0.717, 1.165) is 52.4 Å². The highest BCUT2D eigenvalue weighted by Gasteiger charge is 2.96. The first-order valence-corrected chi connectivity index (χ1v) is 12.2. The molecule has 7 N–H and O–H groups in total. The number of aliphatic hydroxyl groups is 1. The summed E-state index contributed by atoms with van der Waals surface area (Å²) in [5, 5.41) is 34.8. The van der Waals surface area contributed by atoms with Crippen LogP contribution in [0.25, 0.3) is 10.9 Å². The SMILES string of the molecule is N=C(N)Nc1ccc2[nH]c3c(c2c1)C[C@@]1(O)C2N(CC4CC4)CC24c2ccc(O)c5c2C41[C@H]3O5. The summed E-state index contributed by atoms with van der Waals surface area (Å²) in [5.74, 6) is 1.36. The standard InChI is InChI=1S/C26H25N5O3/c27-23(28)29-12-3-5-16-13(7-12)14-8-25(33)22-24(10-31(22)9-11-1-2-11)15-4-6-17(32)20-18(15)26(24,25)21(34-20)19(14)30-16/h3-7,11,21-22,30,32-33H,1-2,8-10H2,(H4,27,28,29)/t21-,22?,24?,25+,26?/m0/s1. The number of nitrogens with two attached hydrogens (primary N) is 1. The van der Waals surface area contributed by atoms with Crippen LogP contribution in [0.4, 0.5) is 5.69 Å². The Hall–Kier alpha value is -3.23. The first-order valence-electron chi connectivity index (χ1n) is 12.2. The van der Waals surface area contributed by atoms with Gasteiger partial charge in [0, 0.05) is 47.1 Å². The van der Waals surface area contributed by atoms with Gasteiger partial charge in [-0.2, -0.15) is 0 Å². The van der Waals surface area contributed by atoms with Crippen molar-refractivity contribution in [2.24, 2.45) is 11.7 Å². The molecule has 2 spiro atoms. The third-order valence-corrected chi connectivity index (χ3v) is 9.88. The average molecular weight is 456 g/mol. The summed E-state index contributed by atoms with van der Waals surface area (Å²) in [6, 6.07) is 9.77. The van der Waals surface area contributed by atoms with Crippen LogP contribution in [0, 0.1) is 11.3 Å². The van der Waals surface area contributed by atoms with Gasteiger partial charge in [0.25, 0.3) is 0 Å². The van der Waals surface area contributed by atoms with Gasteiger partial charge in [-0.05, 0) is 54.2 Å². The number of piperidine rings is 1. The van der Waals surface area contributed by atoms with Crippen molar-refractivity contribution in [3.05, 3.63) is 52.7 Å². The van der Waals surface area contributed by atoms with Crippen molar-refractivity contribution < 1.29 is 14.9 Å². The van der Waals surface area contributed by atoms with E-state index in [-0.39, 0.29) is 29.3 Å². The molecule has 3 unspecified atom stereocenters. The number of aromatic hydroxyl groups is 1. The van der Waals surface area contributed by atoms with Gasteiger partial charge in [-0.1, -0.05) is 6.07 Å². The van der Waals surface area contributed by atoms with E-state index in [1.807, 2.05) is 18.2 Å². The predicted octanol–water partition coefficient (Wildman–Crippen LogP) is 2.20. The maximum absolute atomic E-state index is 12.6. The first kappa shape index (κ1) is 18.1. The summed E-state index contributed by atoms with van der Waals surface area (Å²) in [6.07, 6.45) is 2.76. The number of benzene rings is 2. The van der Waals surface area contributed by atoms with E-state index in [1.54, 1.807) is 6.07 Å². The lowest BCUT2D eigenvalue weighted by Gasteiger charge is -2.87. The number of aromatic amines is 1. The smallest absolute Gasteiger partial charge is 0.190 e. The minimum atomic E-state index is -0.955. The van der Waals surface area contributed by atoms with Crippen LogP contribution in [0.3, 0.4) is 0 Å². The van der Waals surface area contributed by atoms with Crippen LogP contribution in [-0.2, 0) is 17.3 Å². The molecule has 8 heteroatoms. The second kappa shape index (κ2) is 5.06. The molecule has 34 heavy (non-hydrogen) atoms. The van der Waals surface area contributed by atoms with Gasteiger partial charge < -0.3 is 31.0 Å². The topological polar surface area (TPSA) is 131 Å². The number of ether oxygens (including phenoxy) is 1. The number of H-pyrrole nitrogens is 1. The Kier molecular flexibility index (Phi) is 2.70. The lowest BCUT2D eigenvalue weighted by atomic mass is 9.21. The lowest BCUT2D eigenvalue weighted by molar-refractivity contribution is -0.342. The molecule has 1 aromatic heterocycles. The largest absolute Gasteiger partial charge is 0.504 e. The number of hydrogen-bond acceptors (Lipinski definition) is 5. The van der Waals surface area contributed by atoms with Crippen molar-refractivity contribution in [2.75, 3.05) is 18.4 Å². The molecule has 3 aromatic rings. The van der Waals surface area contributed by atoms with E-state index in [2.05, 4.69) is 21.3 Å². The molecule has 3 fully saturated rings. The number of rotatable bonds is 3. The Bertz CT molecular complexity index is 1510. The van der Waals surface area contributed by atoms with Gasteiger partial charge in [0.05, 0.1) is 22.8 Å². The number of hydrogen-bond donors (Lipinski definition) is 6. The van der Waals surface area contributed by atoms with Gasteiger partial charge >= 0.3 is 0 Å². The molecule has 9 rings (SSSR count). The second-order valence-electron chi connectivity index (χ2n) is 11.3. The summed E-state index contributed by atoms with van der Waals surface area (Å²) in [7, 11) is 0. The minimum Gasteiger partial charge on any atom is -0.504 e. The van der Waals surface area contributed by atoms with Crippen molar-refractivity contribution in [2.45, 2.75) is 47.8 Å². The molecule has 2 saturated carbocycles. The highest BCUT2D eigenvalue weighted by molar-refractivity contribution is 5.95. The van der Waals surface area contributed by atoms with Crippen molar-refractivity contribution in [1.82, 2.24) is 9.88 Å². The summed E-state index contributed by atoms with van der Waals surface area (Å²) < 4.78 is 6.56. The molecule has 0 radical (unpaired) electrons. The number of aromatic nitrogens is 1. The molecular formula is C26H25N5O3. The Morgan fingerprint density at radius 2 is 2.15 bits per heavy atom. The maximum atomic E-state index is 12.6. The van der Waals surface area contributed by atoms with Gasteiger partial charge in [0.1, 0.15) is 0 Å². The van der Waals surface area contributed by atoms with Crippen LogP contribution >= 0.6 is 0 Å². The van der Waals surface area contributed by atoms with E-state index in [1.165, 1.54) is 18.4 Å². The van der Waals surface area contributed by atoms with Crippen LogP contribution in [0.15, 0.2) is 30.3 Å². The van der Waals surface area contributed by atoms with E-state index >= 15 is 0 Å². The van der Waals surface area contributed by atoms with Crippen LogP contribution < -0.4 is 15.8 Å². The fourth-order valence-corrected chi connectivity index (χ4v) is 8.85. The van der Waals surface area contributed by atoms with Crippen molar-refractivity contribution >= 4 is 22.5 Å². The number of phenols is 1.